The first kappa shape index (κ1) is 18.1. The number of carboxylic acid groups (broad SMARTS) is 1. The second-order valence-corrected chi connectivity index (χ2v) is 6.33. The van der Waals surface area contributed by atoms with Crippen molar-refractivity contribution in [3.8, 4) is 0 Å². The van der Waals surface area contributed by atoms with E-state index in [1.165, 1.54) is 6.07 Å². The van der Waals surface area contributed by atoms with Gasteiger partial charge in [-0.25, -0.2) is 4.39 Å². The smallest absolute Gasteiger partial charge is 0.317 e. The summed E-state index contributed by atoms with van der Waals surface area (Å²) < 4.78 is 19.0. The van der Waals surface area contributed by atoms with Crippen LogP contribution >= 0.6 is 11.6 Å². The summed E-state index contributed by atoms with van der Waals surface area (Å²) in [5.74, 6) is -1.27. The summed E-state index contributed by atoms with van der Waals surface area (Å²) in [4.78, 5) is 14.7. The average Bonchev–Trinajstić information content (AvgIpc) is 2.48. The minimum atomic E-state index is -0.852. The van der Waals surface area contributed by atoms with Crippen LogP contribution in [0.3, 0.4) is 0 Å². The first-order valence-corrected chi connectivity index (χ1v) is 7.95. The Hall–Kier alpha value is -1.21. The SMILES string of the molecule is CC(c1ccc(F)c(Cl)c1)N1CCOC(CN(C)CC(=O)O)C1. The molecule has 0 bridgehead atoms. The number of carbonyl (C=O) groups is 1. The third kappa shape index (κ3) is 5.14. The van der Waals surface area contributed by atoms with E-state index in [-0.39, 0.29) is 23.7 Å². The molecule has 0 saturated carbocycles. The molecular weight excluding hydrogens is 323 g/mol. The fraction of sp³-hybridized carbons (Fsp3) is 0.562. The maximum Gasteiger partial charge on any atom is 0.317 e. The van der Waals surface area contributed by atoms with E-state index < -0.39 is 11.8 Å². The predicted molar refractivity (Wildman–Crippen MR) is 86.3 cm³/mol. The van der Waals surface area contributed by atoms with E-state index in [2.05, 4.69) is 4.90 Å². The fourth-order valence-electron chi connectivity index (χ4n) is 2.83. The molecule has 128 valence electrons. The Balaban J connectivity index is 1.96. The van der Waals surface area contributed by atoms with E-state index in [0.717, 1.165) is 12.1 Å². The predicted octanol–water partition coefficient (Wildman–Crippen LogP) is 2.26. The van der Waals surface area contributed by atoms with Crippen molar-refractivity contribution in [3.05, 3.63) is 34.6 Å². The van der Waals surface area contributed by atoms with Crippen LogP contribution in [0.25, 0.3) is 0 Å². The second-order valence-electron chi connectivity index (χ2n) is 5.93. The molecule has 1 aromatic rings. The van der Waals surface area contributed by atoms with Crippen molar-refractivity contribution < 1.29 is 19.0 Å². The molecule has 1 aliphatic heterocycles. The molecule has 1 aromatic carbocycles. The van der Waals surface area contributed by atoms with Crippen LogP contribution in [0, 0.1) is 5.82 Å². The Morgan fingerprint density at radius 2 is 2.35 bits per heavy atom. The van der Waals surface area contributed by atoms with Crippen LogP contribution in [0.15, 0.2) is 18.2 Å². The van der Waals surface area contributed by atoms with Crippen LogP contribution in [0.5, 0.6) is 0 Å². The number of hydrogen-bond acceptors (Lipinski definition) is 4. The average molecular weight is 345 g/mol. The number of nitrogens with zero attached hydrogens (tertiary/aromatic N) is 2. The number of halogens is 2. The van der Waals surface area contributed by atoms with E-state index in [1.807, 2.05) is 6.92 Å². The molecule has 1 aliphatic rings. The molecule has 0 amide bonds. The van der Waals surface area contributed by atoms with Crippen LogP contribution in [0.4, 0.5) is 4.39 Å². The van der Waals surface area contributed by atoms with Crippen molar-refractivity contribution in [2.45, 2.75) is 19.1 Å². The monoisotopic (exact) mass is 344 g/mol. The molecule has 1 fully saturated rings. The minimum absolute atomic E-state index is 0.0109. The zero-order valence-corrected chi connectivity index (χ0v) is 14.1. The zero-order valence-electron chi connectivity index (χ0n) is 13.3. The fourth-order valence-corrected chi connectivity index (χ4v) is 3.02. The van der Waals surface area contributed by atoms with Gasteiger partial charge in [-0.2, -0.15) is 0 Å². The lowest BCUT2D eigenvalue weighted by molar-refractivity contribution is -0.138. The topological polar surface area (TPSA) is 53.0 Å². The van der Waals surface area contributed by atoms with Gasteiger partial charge in [-0.05, 0) is 31.7 Å². The third-order valence-corrected chi connectivity index (χ3v) is 4.35. The highest BCUT2D eigenvalue weighted by Crippen LogP contribution is 2.26. The number of aliphatic carboxylic acids is 1. The third-order valence-electron chi connectivity index (χ3n) is 4.06. The maximum absolute atomic E-state index is 13.3. The van der Waals surface area contributed by atoms with E-state index >= 15 is 0 Å². The standard InChI is InChI=1S/C16H22ClFN2O3/c1-11(12-3-4-15(18)14(17)7-12)20-5-6-23-13(9-20)8-19(2)10-16(21)22/h3-4,7,11,13H,5-6,8-10H2,1-2H3,(H,21,22). The Morgan fingerprint density at radius 3 is 3.00 bits per heavy atom. The molecule has 7 heteroatoms. The number of morpholine rings is 1. The Morgan fingerprint density at radius 1 is 1.61 bits per heavy atom. The number of likely N-dealkylation sites (N-methyl/N-ethyl adjacent to an activating group) is 1. The largest absolute Gasteiger partial charge is 0.480 e. The van der Waals surface area contributed by atoms with Gasteiger partial charge in [-0.1, -0.05) is 17.7 Å². The lowest BCUT2D eigenvalue weighted by atomic mass is 10.1. The van der Waals surface area contributed by atoms with E-state index in [9.17, 15) is 9.18 Å². The molecule has 2 atom stereocenters. The van der Waals surface area contributed by atoms with Crippen molar-refractivity contribution in [2.24, 2.45) is 0 Å². The van der Waals surface area contributed by atoms with Crippen LogP contribution in [0.2, 0.25) is 5.02 Å². The maximum atomic E-state index is 13.3. The van der Waals surface area contributed by atoms with Gasteiger partial charge < -0.3 is 9.84 Å². The van der Waals surface area contributed by atoms with Crippen molar-refractivity contribution in [1.82, 2.24) is 9.80 Å². The molecule has 0 spiro atoms. The van der Waals surface area contributed by atoms with E-state index in [4.69, 9.17) is 21.4 Å². The van der Waals surface area contributed by atoms with Gasteiger partial charge in [-0.15, -0.1) is 0 Å². The van der Waals surface area contributed by atoms with Crippen LogP contribution in [-0.4, -0.2) is 66.8 Å². The second kappa shape index (κ2) is 8.06. The Labute approximate surface area is 140 Å². The lowest BCUT2D eigenvalue weighted by Crippen LogP contribution is -2.48. The van der Waals surface area contributed by atoms with Gasteiger partial charge in [0, 0.05) is 25.7 Å². The van der Waals surface area contributed by atoms with Gasteiger partial charge in [0.25, 0.3) is 0 Å². The van der Waals surface area contributed by atoms with Crippen molar-refractivity contribution in [3.63, 3.8) is 0 Å². The molecule has 0 aliphatic carbocycles. The van der Waals surface area contributed by atoms with Crippen molar-refractivity contribution in [1.29, 1.82) is 0 Å². The minimum Gasteiger partial charge on any atom is -0.480 e. The lowest BCUT2D eigenvalue weighted by Gasteiger charge is -2.38. The summed E-state index contributed by atoms with van der Waals surface area (Å²) >= 11 is 5.86. The van der Waals surface area contributed by atoms with Crippen LogP contribution < -0.4 is 0 Å². The van der Waals surface area contributed by atoms with Crippen LogP contribution in [0.1, 0.15) is 18.5 Å². The summed E-state index contributed by atoms with van der Waals surface area (Å²) in [5.41, 5.74) is 0.955. The number of ether oxygens (including phenoxy) is 1. The molecule has 1 N–H and O–H groups in total. The highest BCUT2D eigenvalue weighted by molar-refractivity contribution is 6.30. The zero-order chi connectivity index (χ0) is 17.0. The first-order chi connectivity index (χ1) is 10.9. The van der Waals surface area contributed by atoms with Gasteiger partial charge >= 0.3 is 5.97 Å². The molecule has 1 heterocycles. The quantitative estimate of drug-likeness (QED) is 0.858. The molecule has 2 rings (SSSR count). The number of hydrogen-bond donors (Lipinski definition) is 1. The number of benzene rings is 1. The van der Waals surface area contributed by atoms with Gasteiger partial charge in [0.1, 0.15) is 5.82 Å². The number of carboxylic acids is 1. The first-order valence-electron chi connectivity index (χ1n) is 7.57. The summed E-state index contributed by atoms with van der Waals surface area (Å²) in [6, 6.07) is 4.87. The summed E-state index contributed by atoms with van der Waals surface area (Å²) in [5, 5.41) is 8.94. The molecule has 1 saturated heterocycles. The van der Waals surface area contributed by atoms with Crippen LogP contribution in [-0.2, 0) is 9.53 Å². The number of rotatable bonds is 6. The Bertz CT molecular complexity index is 558. The summed E-state index contributed by atoms with van der Waals surface area (Å²) in [6.07, 6.45) is -0.0496. The molecule has 0 radical (unpaired) electrons. The molecular formula is C16H22ClFN2O3. The normalized spacial score (nSPS) is 20.7. The van der Waals surface area contributed by atoms with E-state index in [0.29, 0.717) is 19.7 Å². The Kier molecular flexibility index (Phi) is 6.35. The van der Waals surface area contributed by atoms with Gasteiger partial charge in [0.05, 0.1) is 24.3 Å². The van der Waals surface area contributed by atoms with E-state index in [1.54, 1.807) is 24.1 Å². The molecule has 2 unspecified atom stereocenters. The highest BCUT2D eigenvalue weighted by Gasteiger charge is 2.26. The molecule has 0 aromatic heterocycles. The summed E-state index contributed by atoms with van der Waals surface area (Å²) in [6.45, 7) is 4.65. The van der Waals surface area contributed by atoms with Crippen molar-refractivity contribution >= 4 is 17.6 Å². The van der Waals surface area contributed by atoms with Gasteiger partial charge in [0.2, 0.25) is 0 Å². The highest BCUT2D eigenvalue weighted by atomic mass is 35.5. The molecule has 5 nitrogen and oxygen atoms in total. The van der Waals surface area contributed by atoms with Gasteiger partial charge in [0.15, 0.2) is 0 Å². The van der Waals surface area contributed by atoms with Gasteiger partial charge in [-0.3, -0.25) is 14.6 Å². The molecule has 23 heavy (non-hydrogen) atoms. The summed E-state index contributed by atoms with van der Waals surface area (Å²) in [7, 11) is 1.76. The van der Waals surface area contributed by atoms with Crippen molar-refractivity contribution in [2.75, 3.05) is 39.8 Å².